The maximum atomic E-state index is 11.4. The molecule has 1 aliphatic carbocycles. The average Bonchev–Trinajstić information content (AvgIpc) is 2.85. The second-order valence-electron chi connectivity index (χ2n) is 6.55. The van der Waals surface area contributed by atoms with Crippen molar-refractivity contribution in [1.82, 2.24) is 4.57 Å². The normalized spacial score (nSPS) is 17.0. The van der Waals surface area contributed by atoms with Crippen LogP contribution in [-0.2, 0) is 22.2 Å². The molecule has 23 heavy (non-hydrogen) atoms. The molecule has 1 fully saturated rings. The Bertz CT molecular complexity index is 790. The summed E-state index contributed by atoms with van der Waals surface area (Å²) in [5.74, 6) is -0.125. The lowest BCUT2D eigenvalue weighted by Crippen LogP contribution is -2.14. The fourth-order valence-corrected chi connectivity index (χ4v) is 4.35. The van der Waals surface area contributed by atoms with Gasteiger partial charge in [-0.15, -0.1) is 0 Å². The minimum absolute atomic E-state index is 0.125. The van der Waals surface area contributed by atoms with E-state index in [1.807, 2.05) is 18.2 Å². The summed E-state index contributed by atoms with van der Waals surface area (Å²) < 4.78 is 25.1. The Labute approximate surface area is 137 Å². The van der Waals surface area contributed by atoms with Crippen molar-refractivity contribution in [2.24, 2.45) is 10.9 Å². The summed E-state index contributed by atoms with van der Waals surface area (Å²) in [5.41, 5.74) is 8.87. The van der Waals surface area contributed by atoms with Crippen molar-refractivity contribution >= 4 is 20.9 Å². The summed E-state index contributed by atoms with van der Waals surface area (Å²) in [6.07, 6.45) is 9.32. The molecule has 3 rings (SSSR count). The Morgan fingerprint density at radius 1 is 1.17 bits per heavy atom. The first-order valence-electron chi connectivity index (χ1n) is 8.31. The highest BCUT2D eigenvalue weighted by Crippen LogP contribution is 2.34. The maximum absolute atomic E-state index is 11.4. The van der Waals surface area contributed by atoms with E-state index >= 15 is 0 Å². The molecule has 0 bridgehead atoms. The largest absolute Gasteiger partial charge is 0.344 e. The highest BCUT2D eigenvalue weighted by molar-refractivity contribution is 7.88. The summed E-state index contributed by atoms with van der Waals surface area (Å²) in [6, 6.07) is 6.41. The molecule has 0 spiro atoms. The molecule has 2 aromatic rings. The van der Waals surface area contributed by atoms with Crippen LogP contribution in [-0.4, -0.2) is 19.5 Å². The predicted molar refractivity (Wildman–Crippen MR) is 93.6 cm³/mol. The molecular formula is C17H25N3O2S. The van der Waals surface area contributed by atoms with Gasteiger partial charge in [0.15, 0.2) is 0 Å². The number of sulfonamides is 1. The highest BCUT2D eigenvalue weighted by atomic mass is 32.2. The average molecular weight is 335 g/mol. The van der Waals surface area contributed by atoms with Gasteiger partial charge in [0.2, 0.25) is 10.0 Å². The minimum Gasteiger partial charge on any atom is -0.344 e. The van der Waals surface area contributed by atoms with E-state index in [0.29, 0.717) is 12.6 Å². The van der Waals surface area contributed by atoms with Crippen LogP contribution in [0.15, 0.2) is 24.4 Å². The van der Waals surface area contributed by atoms with Crippen LogP contribution in [0.4, 0.5) is 0 Å². The van der Waals surface area contributed by atoms with Gasteiger partial charge in [-0.3, -0.25) is 0 Å². The number of benzene rings is 1. The number of fused-ring (bicyclic) bond motifs is 1. The molecule has 1 aromatic heterocycles. The third kappa shape index (κ3) is 3.76. The predicted octanol–water partition coefficient (Wildman–Crippen LogP) is 2.44. The molecule has 0 unspecified atom stereocenters. The lowest BCUT2D eigenvalue weighted by atomic mass is 9.95. The van der Waals surface area contributed by atoms with Crippen LogP contribution in [0.5, 0.6) is 0 Å². The van der Waals surface area contributed by atoms with Crippen LogP contribution in [0.25, 0.3) is 10.9 Å². The Kier molecular flexibility index (Phi) is 4.75. The first kappa shape index (κ1) is 16.5. The van der Waals surface area contributed by atoms with Crippen molar-refractivity contribution in [2.45, 2.75) is 50.3 Å². The summed E-state index contributed by atoms with van der Waals surface area (Å²) in [5, 5.41) is 6.29. The summed E-state index contributed by atoms with van der Waals surface area (Å²) >= 11 is 0. The molecule has 0 amide bonds. The fraction of sp³-hybridized carbons (Fsp3) is 0.529. The van der Waals surface area contributed by atoms with Gasteiger partial charge in [0, 0.05) is 23.1 Å². The van der Waals surface area contributed by atoms with Gasteiger partial charge in [-0.25, -0.2) is 13.6 Å². The third-order valence-electron chi connectivity index (χ3n) is 4.73. The van der Waals surface area contributed by atoms with Crippen LogP contribution in [0.3, 0.4) is 0 Å². The smallest absolute Gasteiger partial charge is 0.213 e. The van der Waals surface area contributed by atoms with Gasteiger partial charge >= 0.3 is 0 Å². The second kappa shape index (κ2) is 6.63. The van der Waals surface area contributed by atoms with Crippen LogP contribution in [0.2, 0.25) is 0 Å². The Morgan fingerprint density at radius 2 is 1.91 bits per heavy atom. The van der Waals surface area contributed by atoms with E-state index in [0.717, 1.165) is 17.4 Å². The molecule has 1 heterocycles. The zero-order chi connectivity index (χ0) is 16.4. The van der Waals surface area contributed by atoms with E-state index in [9.17, 15) is 8.42 Å². The molecule has 0 aliphatic heterocycles. The van der Waals surface area contributed by atoms with E-state index in [4.69, 9.17) is 10.9 Å². The number of nitrogens with two attached hydrogens (primary N) is 2. The molecule has 0 atom stereocenters. The Morgan fingerprint density at radius 3 is 2.57 bits per heavy atom. The van der Waals surface area contributed by atoms with Gasteiger partial charge in [-0.1, -0.05) is 25.3 Å². The standard InChI is InChI=1S/C17H25N3O2S/c18-9-8-14-11-20(15-4-2-1-3-5-15)17-7-6-13(10-16(14)17)12-23(19,21)22/h6-7,10-11,15H,1-5,8-9,12,18H2,(H2,19,21,22). The Balaban J connectivity index is 2.04. The third-order valence-corrected chi connectivity index (χ3v) is 5.47. The zero-order valence-electron chi connectivity index (χ0n) is 13.4. The van der Waals surface area contributed by atoms with Crippen molar-refractivity contribution in [3.8, 4) is 0 Å². The minimum atomic E-state index is -3.52. The number of hydrogen-bond acceptors (Lipinski definition) is 3. The lowest BCUT2D eigenvalue weighted by Gasteiger charge is -2.24. The van der Waals surface area contributed by atoms with Crippen molar-refractivity contribution in [3.63, 3.8) is 0 Å². The summed E-state index contributed by atoms with van der Waals surface area (Å²) in [7, 11) is -3.52. The first-order valence-corrected chi connectivity index (χ1v) is 10.0. The summed E-state index contributed by atoms with van der Waals surface area (Å²) in [6.45, 7) is 0.587. The van der Waals surface area contributed by atoms with Gasteiger partial charge in [0.1, 0.15) is 0 Å². The van der Waals surface area contributed by atoms with Crippen molar-refractivity contribution in [1.29, 1.82) is 0 Å². The Hall–Kier alpha value is -1.37. The van der Waals surface area contributed by atoms with Crippen LogP contribution in [0, 0.1) is 0 Å². The SMILES string of the molecule is NCCc1cn(C2CCCCC2)c2ccc(CS(N)(=O)=O)cc12. The fourth-order valence-electron chi connectivity index (χ4n) is 3.71. The quantitative estimate of drug-likeness (QED) is 0.879. The zero-order valence-corrected chi connectivity index (χ0v) is 14.2. The molecule has 5 nitrogen and oxygen atoms in total. The molecule has 6 heteroatoms. The highest BCUT2D eigenvalue weighted by Gasteiger charge is 2.19. The van der Waals surface area contributed by atoms with Crippen molar-refractivity contribution < 1.29 is 8.42 Å². The van der Waals surface area contributed by atoms with E-state index in [1.54, 1.807) is 0 Å². The van der Waals surface area contributed by atoms with Crippen LogP contribution < -0.4 is 10.9 Å². The molecule has 126 valence electrons. The molecule has 0 saturated heterocycles. The van der Waals surface area contributed by atoms with Crippen LogP contribution >= 0.6 is 0 Å². The molecule has 4 N–H and O–H groups in total. The molecule has 0 radical (unpaired) electrons. The van der Waals surface area contributed by atoms with Crippen molar-refractivity contribution in [2.75, 3.05) is 6.54 Å². The number of rotatable bonds is 5. The maximum Gasteiger partial charge on any atom is 0.213 e. The number of aromatic nitrogens is 1. The topological polar surface area (TPSA) is 91.1 Å². The monoisotopic (exact) mass is 335 g/mol. The van der Waals surface area contributed by atoms with E-state index in [2.05, 4.69) is 10.8 Å². The number of primary sulfonamides is 1. The van der Waals surface area contributed by atoms with Gasteiger partial charge < -0.3 is 10.3 Å². The number of nitrogens with zero attached hydrogens (tertiary/aromatic N) is 1. The molecule has 1 aromatic carbocycles. The lowest BCUT2D eigenvalue weighted by molar-refractivity contribution is 0.360. The molecule has 1 saturated carbocycles. The van der Waals surface area contributed by atoms with Gasteiger partial charge in [-0.05, 0) is 49.1 Å². The molecular weight excluding hydrogens is 310 g/mol. The number of hydrogen-bond donors (Lipinski definition) is 2. The van der Waals surface area contributed by atoms with Crippen LogP contribution in [0.1, 0.15) is 49.3 Å². The first-order chi connectivity index (χ1) is 11.0. The molecule has 1 aliphatic rings. The van der Waals surface area contributed by atoms with Gasteiger partial charge in [0.25, 0.3) is 0 Å². The van der Waals surface area contributed by atoms with E-state index < -0.39 is 10.0 Å². The van der Waals surface area contributed by atoms with Gasteiger partial charge in [-0.2, -0.15) is 0 Å². The summed E-state index contributed by atoms with van der Waals surface area (Å²) in [4.78, 5) is 0. The van der Waals surface area contributed by atoms with E-state index in [1.165, 1.54) is 43.2 Å². The second-order valence-corrected chi connectivity index (χ2v) is 8.17. The van der Waals surface area contributed by atoms with E-state index in [-0.39, 0.29) is 5.75 Å². The van der Waals surface area contributed by atoms with Gasteiger partial charge in [0.05, 0.1) is 5.75 Å². The van der Waals surface area contributed by atoms with Crippen molar-refractivity contribution in [3.05, 3.63) is 35.5 Å².